The Morgan fingerprint density at radius 3 is 2.60 bits per heavy atom. The summed E-state index contributed by atoms with van der Waals surface area (Å²) >= 11 is 0. The average Bonchev–Trinajstić information content (AvgIpc) is 2.21. The van der Waals surface area contributed by atoms with E-state index in [1.807, 2.05) is 0 Å². The second-order valence-corrected chi connectivity index (χ2v) is 8.39. The predicted molar refractivity (Wildman–Crippen MR) is 64.3 cm³/mol. The third kappa shape index (κ3) is 8.39. The molecular weight excluding hydrogens is 208 g/mol. The van der Waals surface area contributed by atoms with Crippen LogP contribution in [0.15, 0.2) is 12.7 Å². The van der Waals surface area contributed by atoms with E-state index >= 15 is 0 Å². The first-order valence-electron chi connectivity index (χ1n) is 5.45. The van der Waals surface area contributed by atoms with Crippen molar-refractivity contribution in [3.05, 3.63) is 12.7 Å². The molecule has 0 heterocycles. The maximum absolute atomic E-state index is 10.7. The Balaban J connectivity index is 3.56. The van der Waals surface area contributed by atoms with Gasteiger partial charge >= 0.3 is 5.97 Å². The molecule has 15 heavy (non-hydrogen) atoms. The normalized spacial score (nSPS) is 11.1. The van der Waals surface area contributed by atoms with Crippen molar-refractivity contribution in [1.29, 1.82) is 0 Å². The van der Waals surface area contributed by atoms with Crippen molar-refractivity contribution >= 4 is 14.3 Å². The number of rotatable bonds is 8. The van der Waals surface area contributed by atoms with E-state index in [9.17, 15) is 4.79 Å². The van der Waals surface area contributed by atoms with Crippen LogP contribution in [0.4, 0.5) is 0 Å². The van der Waals surface area contributed by atoms with Crippen LogP contribution in [-0.2, 0) is 14.0 Å². The summed E-state index contributed by atoms with van der Waals surface area (Å²) in [6.07, 6.45) is 3.13. The molecule has 0 amide bonds. The summed E-state index contributed by atoms with van der Waals surface area (Å²) in [5.74, 6) is -0.344. The van der Waals surface area contributed by atoms with E-state index in [0.717, 1.165) is 25.5 Å². The van der Waals surface area contributed by atoms with Crippen LogP contribution in [0.3, 0.4) is 0 Å². The van der Waals surface area contributed by atoms with E-state index < -0.39 is 8.32 Å². The fourth-order valence-corrected chi connectivity index (χ4v) is 3.08. The molecule has 0 aliphatic heterocycles. The summed E-state index contributed by atoms with van der Waals surface area (Å²) in [7, 11) is -1.52. The molecule has 3 nitrogen and oxygen atoms in total. The third-order valence-electron chi connectivity index (χ3n) is 2.03. The highest BCUT2D eigenvalue weighted by atomic mass is 28.4. The second kappa shape index (κ2) is 7.65. The van der Waals surface area contributed by atoms with Crippen LogP contribution in [0, 0.1) is 0 Å². The minimum atomic E-state index is -1.52. The SMILES string of the molecule is C=CC(=O)OCCC[Si](C)(C)OCCC. The van der Waals surface area contributed by atoms with Crippen LogP contribution in [0.5, 0.6) is 0 Å². The standard InChI is InChI=1S/C11H22O3Si/c1-5-8-14-15(3,4)10-7-9-13-11(12)6-2/h6H,2,5,7-10H2,1,3-4H3. The maximum atomic E-state index is 10.7. The number of hydrogen-bond acceptors (Lipinski definition) is 3. The number of hydrogen-bond donors (Lipinski definition) is 0. The minimum Gasteiger partial charge on any atom is -0.463 e. The zero-order valence-electron chi connectivity index (χ0n) is 10.0. The molecule has 4 heteroatoms. The molecule has 0 N–H and O–H groups in total. The third-order valence-corrected chi connectivity index (χ3v) is 4.57. The van der Waals surface area contributed by atoms with E-state index in [4.69, 9.17) is 9.16 Å². The highest BCUT2D eigenvalue weighted by Gasteiger charge is 2.21. The summed E-state index contributed by atoms with van der Waals surface area (Å²) in [4.78, 5) is 10.7. The number of carbonyl (C=O) groups excluding carboxylic acids is 1. The van der Waals surface area contributed by atoms with Gasteiger partial charge in [0.25, 0.3) is 0 Å². The van der Waals surface area contributed by atoms with Crippen LogP contribution in [-0.4, -0.2) is 27.5 Å². The van der Waals surface area contributed by atoms with Gasteiger partial charge < -0.3 is 9.16 Å². The van der Waals surface area contributed by atoms with Gasteiger partial charge in [-0.25, -0.2) is 4.79 Å². The largest absolute Gasteiger partial charge is 0.463 e. The first-order valence-corrected chi connectivity index (χ1v) is 8.56. The molecule has 0 saturated heterocycles. The number of carbonyl (C=O) groups is 1. The van der Waals surface area contributed by atoms with Crippen molar-refractivity contribution in [2.75, 3.05) is 13.2 Å². The quantitative estimate of drug-likeness (QED) is 0.278. The van der Waals surface area contributed by atoms with Gasteiger partial charge in [-0.15, -0.1) is 0 Å². The lowest BCUT2D eigenvalue weighted by Crippen LogP contribution is -2.30. The molecular formula is C11H22O3Si. The lowest BCUT2D eigenvalue weighted by molar-refractivity contribution is -0.137. The molecule has 0 aliphatic carbocycles. The molecule has 0 aliphatic rings. The van der Waals surface area contributed by atoms with E-state index in [1.165, 1.54) is 6.08 Å². The zero-order chi connectivity index (χ0) is 11.7. The molecule has 0 atom stereocenters. The molecule has 0 aromatic carbocycles. The van der Waals surface area contributed by atoms with E-state index in [0.29, 0.717) is 6.61 Å². The zero-order valence-corrected chi connectivity index (χ0v) is 11.0. The van der Waals surface area contributed by atoms with Crippen LogP contribution < -0.4 is 0 Å². The first-order chi connectivity index (χ1) is 7.02. The van der Waals surface area contributed by atoms with Crippen molar-refractivity contribution in [2.24, 2.45) is 0 Å². The van der Waals surface area contributed by atoms with Gasteiger partial charge in [0.1, 0.15) is 0 Å². The molecule has 0 rings (SSSR count). The van der Waals surface area contributed by atoms with Gasteiger partial charge in [0.15, 0.2) is 8.32 Å². The summed E-state index contributed by atoms with van der Waals surface area (Å²) in [6.45, 7) is 11.1. The van der Waals surface area contributed by atoms with E-state index in [1.54, 1.807) is 0 Å². The monoisotopic (exact) mass is 230 g/mol. The molecule has 0 bridgehead atoms. The van der Waals surface area contributed by atoms with Gasteiger partial charge in [-0.2, -0.15) is 0 Å². The van der Waals surface area contributed by atoms with Crippen LogP contribution >= 0.6 is 0 Å². The number of esters is 1. The second-order valence-electron chi connectivity index (χ2n) is 4.08. The topological polar surface area (TPSA) is 35.5 Å². The lowest BCUT2D eigenvalue weighted by Gasteiger charge is -2.22. The van der Waals surface area contributed by atoms with Crippen molar-refractivity contribution < 1.29 is 14.0 Å². The summed E-state index contributed by atoms with van der Waals surface area (Å²) < 4.78 is 10.7. The Bertz CT molecular complexity index is 202. The predicted octanol–water partition coefficient (Wildman–Crippen LogP) is 2.74. The first kappa shape index (κ1) is 14.4. The van der Waals surface area contributed by atoms with Gasteiger partial charge in [-0.3, -0.25) is 0 Å². The van der Waals surface area contributed by atoms with Gasteiger partial charge in [0.05, 0.1) is 6.61 Å². The molecule has 0 aromatic rings. The van der Waals surface area contributed by atoms with Gasteiger partial charge in [-0.1, -0.05) is 13.5 Å². The molecule has 88 valence electrons. The Labute approximate surface area is 93.6 Å². The molecule has 0 fully saturated rings. The lowest BCUT2D eigenvalue weighted by atomic mass is 10.5. The van der Waals surface area contributed by atoms with Crippen molar-refractivity contribution in [2.45, 2.75) is 38.9 Å². The fraction of sp³-hybridized carbons (Fsp3) is 0.727. The molecule has 0 saturated carbocycles. The highest BCUT2D eigenvalue weighted by molar-refractivity contribution is 6.71. The van der Waals surface area contributed by atoms with Crippen LogP contribution in [0.2, 0.25) is 19.1 Å². The van der Waals surface area contributed by atoms with Crippen LogP contribution in [0.25, 0.3) is 0 Å². The number of ether oxygens (including phenoxy) is 1. The van der Waals surface area contributed by atoms with Gasteiger partial charge in [0.2, 0.25) is 0 Å². The van der Waals surface area contributed by atoms with Gasteiger partial charge in [0, 0.05) is 12.7 Å². The molecule has 0 aromatic heterocycles. The summed E-state index contributed by atoms with van der Waals surface area (Å²) in [5.41, 5.74) is 0. The Morgan fingerprint density at radius 2 is 2.07 bits per heavy atom. The molecule has 0 spiro atoms. The summed E-state index contributed by atoms with van der Waals surface area (Å²) in [6, 6.07) is 1.03. The highest BCUT2D eigenvalue weighted by Crippen LogP contribution is 2.13. The van der Waals surface area contributed by atoms with E-state index in [2.05, 4.69) is 26.6 Å². The van der Waals surface area contributed by atoms with E-state index in [-0.39, 0.29) is 5.97 Å². The summed E-state index contributed by atoms with van der Waals surface area (Å²) in [5, 5.41) is 0. The van der Waals surface area contributed by atoms with Crippen molar-refractivity contribution in [3.63, 3.8) is 0 Å². The average molecular weight is 230 g/mol. The van der Waals surface area contributed by atoms with Gasteiger partial charge in [-0.05, 0) is 32.0 Å². The Hall–Kier alpha value is -0.613. The Kier molecular flexibility index (Phi) is 7.34. The molecule has 0 radical (unpaired) electrons. The smallest absolute Gasteiger partial charge is 0.330 e. The maximum Gasteiger partial charge on any atom is 0.330 e. The van der Waals surface area contributed by atoms with Crippen molar-refractivity contribution in [3.8, 4) is 0 Å². The Morgan fingerprint density at radius 1 is 1.40 bits per heavy atom. The fourth-order valence-electron chi connectivity index (χ4n) is 1.18. The molecule has 0 unspecified atom stereocenters. The van der Waals surface area contributed by atoms with Crippen LogP contribution in [0.1, 0.15) is 19.8 Å². The minimum absolute atomic E-state index is 0.344. The van der Waals surface area contributed by atoms with Crippen molar-refractivity contribution in [1.82, 2.24) is 0 Å².